The summed E-state index contributed by atoms with van der Waals surface area (Å²) in [5.41, 5.74) is 6.55. The molecule has 0 spiro atoms. The maximum absolute atomic E-state index is 12.6. The van der Waals surface area contributed by atoms with Crippen LogP contribution in [0.4, 0.5) is 18.9 Å². The number of fused-ring (bicyclic) bond motifs is 1. The van der Waals surface area contributed by atoms with Crippen LogP contribution in [0.25, 0.3) is 22.6 Å². The Labute approximate surface area is 111 Å². The number of alkyl halides is 3. The van der Waals surface area contributed by atoms with Gasteiger partial charge in [0.05, 0.1) is 5.56 Å². The molecule has 3 nitrogen and oxygen atoms in total. The number of nitrogens with two attached hydrogens (primary N) is 1. The highest BCUT2D eigenvalue weighted by Gasteiger charge is 2.31. The van der Waals surface area contributed by atoms with E-state index in [0.29, 0.717) is 16.8 Å². The van der Waals surface area contributed by atoms with Gasteiger partial charge in [-0.05, 0) is 42.5 Å². The molecule has 0 saturated heterocycles. The average Bonchev–Trinajstić information content (AvgIpc) is 2.81. The zero-order valence-electron chi connectivity index (χ0n) is 10.1. The van der Waals surface area contributed by atoms with Gasteiger partial charge in [-0.25, -0.2) is 4.98 Å². The molecule has 0 fully saturated rings. The van der Waals surface area contributed by atoms with Crippen molar-refractivity contribution in [3.63, 3.8) is 0 Å². The first kappa shape index (κ1) is 12.5. The van der Waals surface area contributed by atoms with Gasteiger partial charge in [-0.3, -0.25) is 0 Å². The smallest absolute Gasteiger partial charge is 0.416 e. The van der Waals surface area contributed by atoms with E-state index in [4.69, 9.17) is 10.2 Å². The predicted molar refractivity (Wildman–Crippen MR) is 68.9 cm³/mol. The monoisotopic (exact) mass is 278 g/mol. The van der Waals surface area contributed by atoms with Crippen molar-refractivity contribution < 1.29 is 17.6 Å². The van der Waals surface area contributed by atoms with Crippen LogP contribution in [0.2, 0.25) is 0 Å². The number of oxazole rings is 1. The highest BCUT2D eigenvalue weighted by atomic mass is 19.4. The van der Waals surface area contributed by atoms with E-state index in [2.05, 4.69) is 4.98 Å². The van der Waals surface area contributed by atoms with Crippen LogP contribution in [0, 0.1) is 0 Å². The topological polar surface area (TPSA) is 52.0 Å². The largest absolute Gasteiger partial charge is 0.436 e. The number of rotatable bonds is 1. The Balaban J connectivity index is 2.09. The Hall–Kier alpha value is -2.50. The fourth-order valence-corrected chi connectivity index (χ4v) is 1.85. The Bertz CT molecular complexity index is 760. The maximum Gasteiger partial charge on any atom is 0.416 e. The first-order valence-corrected chi connectivity index (χ1v) is 5.77. The van der Waals surface area contributed by atoms with Crippen LogP contribution in [0.5, 0.6) is 0 Å². The number of nitrogens with zero attached hydrogens (tertiary/aromatic N) is 1. The summed E-state index contributed by atoms with van der Waals surface area (Å²) in [5.74, 6) is 0.263. The van der Waals surface area contributed by atoms with E-state index in [1.165, 1.54) is 6.07 Å². The van der Waals surface area contributed by atoms with Crippen LogP contribution >= 0.6 is 0 Å². The second-order valence-corrected chi connectivity index (χ2v) is 4.32. The molecule has 102 valence electrons. The highest BCUT2D eigenvalue weighted by molar-refractivity contribution is 5.77. The zero-order chi connectivity index (χ0) is 14.3. The summed E-state index contributed by atoms with van der Waals surface area (Å²) in [6.45, 7) is 0. The van der Waals surface area contributed by atoms with Gasteiger partial charge in [-0.1, -0.05) is 0 Å². The van der Waals surface area contributed by atoms with Crippen molar-refractivity contribution in [2.75, 3.05) is 5.73 Å². The number of benzene rings is 2. The second kappa shape index (κ2) is 4.26. The molecule has 0 atom stereocenters. The SMILES string of the molecule is Nc1ccc(-c2nc3cc(C(F)(F)F)ccc3o2)cc1. The standard InChI is InChI=1S/C14H9F3N2O/c15-14(16,17)9-3-6-12-11(7-9)19-13(20-12)8-1-4-10(18)5-2-8/h1-7H,18H2. The van der Waals surface area contributed by atoms with Gasteiger partial charge in [-0.2, -0.15) is 13.2 Å². The molecule has 0 aliphatic carbocycles. The Morgan fingerprint density at radius 3 is 2.35 bits per heavy atom. The van der Waals surface area contributed by atoms with Crippen molar-refractivity contribution in [2.24, 2.45) is 0 Å². The van der Waals surface area contributed by atoms with Crippen LogP contribution in [0.3, 0.4) is 0 Å². The molecule has 0 aliphatic rings. The van der Waals surface area contributed by atoms with E-state index in [9.17, 15) is 13.2 Å². The second-order valence-electron chi connectivity index (χ2n) is 4.32. The molecule has 1 aromatic heterocycles. The summed E-state index contributed by atoms with van der Waals surface area (Å²) in [7, 11) is 0. The Morgan fingerprint density at radius 1 is 1.00 bits per heavy atom. The molecule has 3 aromatic rings. The molecule has 0 amide bonds. The molecule has 0 aliphatic heterocycles. The predicted octanol–water partition coefficient (Wildman–Crippen LogP) is 4.10. The number of halogens is 3. The molecular formula is C14H9F3N2O. The van der Waals surface area contributed by atoms with Gasteiger partial charge in [-0.15, -0.1) is 0 Å². The summed E-state index contributed by atoms with van der Waals surface area (Å²) in [4.78, 5) is 4.08. The summed E-state index contributed by atoms with van der Waals surface area (Å²) in [6, 6.07) is 9.96. The highest BCUT2D eigenvalue weighted by Crippen LogP contribution is 2.32. The van der Waals surface area contributed by atoms with Crippen LogP contribution in [0.1, 0.15) is 5.56 Å². The Morgan fingerprint density at radius 2 is 1.70 bits per heavy atom. The van der Waals surface area contributed by atoms with Crippen molar-refractivity contribution in [1.29, 1.82) is 0 Å². The minimum Gasteiger partial charge on any atom is -0.436 e. The van der Waals surface area contributed by atoms with Crippen LogP contribution in [0.15, 0.2) is 46.9 Å². The van der Waals surface area contributed by atoms with E-state index in [-0.39, 0.29) is 11.4 Å². The molecule has 2 N–H and O–H groups in total. The zero-order valence-corrected chi connectivity index (χ0v) is 10.1. The van der Waals surface area contributed by atoms with Crippen LogP contribution < -0.4 is 5.73 Å². The van der Waals surface area contributed by atoms with E-state index in [1.54, 1.807) is 24.3 Å². The normalized spacial score (nSPS) is 11.9. The number of hydrogen-bond acceptors (Lipinski definition) is 3. The first-order valence-electron chi connectivity index (χ1n) is 5.77. The third-order valence-electron chi connectivity index (χ3n) is 2.87. The lowest BCUT2D eigenvalue weighted by Gasteiger charge is -2.04. The van der Waals surface area contributed by atoms with E-state index in [1.807, 2.05) is 0 Å². The number of anilines is 1. The third kappa shape index (κ3) is 2.20. The van der Waals surface area contributed by atoms with Gasteiger partial charge < -0.3 is 10.2 Å². The van der Waals surface area contributed by atoms with Gasteiger partial charge in [0, 0.05) is 11.3 Å². The van der Waals surface area contributed by atoms with E-state index < -0.39 is 11.7 Å². The van der Waals surface area contributed by atoms with E-state index >= 15 is 0 Å². The molecule has 2 aromatic carbocycles. The summed E-state index contributed by atoms with van der Waals surface area (Å²) >= 11 is 0. The molecule has 20 heavy (non-hydrogen) atoms. The van der Waals surface area contributed by atoms with Gasteiger partial charge in [0.2, 0.25) is 5.89 Å². The quantitative estimate of drug-likeness (QED) is 0.682. The lowest BCUT2D eigenvalue weighted by atomic mass is 10.2. The molecule has 1 heterocycles. The van der Waals surface area contributed by atoms with Crippen LogP contribution in [-0.2, 0) is 6.18 Å². The van der Waals surface area contributed by atoms with Crippen molar-refractivity contribution >= 4 is 16.8 Å². The Kier molecular flexibility index (Phi) is 2.67. The molecule has 3 rings (SSSR count). The number of hydrogen-bond donors (Lipinski definition) is 1. The number of nitrogen functional groups attached to an aromatic ring is 1. The van der Waals surface area contributed by atoms with Gasteiger partial charge in [0.15, 0.2) is 5.58 Å². The number of aromatic nitrogens is 1. The lowest BCUT2D eigenvalue weighted by Crippen LogP contribution is -2.03. The van der Waals surface area contributed by atoms with Crippen molar-refractivity contribution in [2.45, 2.75) is 6.18 Å². The van der Waals surface area contributed by atoms with Crippen molar-refractivity contribution in [3.05, 3.63) is 48.0 Å². The van der Waals surface area contributed by atoms with Gasteiger partial charge in [0.25, 0.3) is 0 Å². The molecule has 6 heteroatoms. The maximum atomic E-state index is 12.6. The molecule has 0 bridgehead atoms. The molecule has 0 radical (unpaired) electrons. The van der Waals surface area contributed by atoms with Gasteiger partial charge >= 0.3 is 6.18 Å². The summed E-state index contributed by atoms with van der Waals surface area (Å²) in [5, 5.41) is 0. The van der Waals surface area contributed by atoms with Gasteiger partial charge in [0.1, 0.15) is 5.52 Å². The fraction of sp³-hybridized carbons (Fsp3) is 0.0714. The van der Waals surface area contributed by atoms with Crippen molar-refractivity contribution in [3.8, 4) is 11.5 Å². The van der Waals surface area contributed by atoms with E-state index in [0.717, 1.165) is 12.1 Å². The van der Waals surface area contributed by atoms with Crippen LogP contribution in [-0.4, -0.2) is 4.98 Å². The first-order chi connectivity index (χ1) is 9.43. The summed E-state index contributed by atoms with van der Waals surface area (Å²) < 4.78 is 43.3. The minimum absolute atomic E-state index is 0.173. The van der Waals surface area contributed by atoms with Crippen molar-refractivity contribution in [1.82, 2.24) is 4.98 Å². The molecule has 0 saturated carbocycles. The summed E-state index contributed by atoms with van der Waals surface area (Å²) in [6.07, 6.45) is -4.39. The average molecular weight is 278 g/mol. The lowest BCUT2D eigenvalue weighted by molar-refractivity contribution is -0.137. The minimum atomic E-state index is -4.39. The fourth-order valence-electron chi connectivity index (χ4n) is 1.85. The third-order valence-corrected chi connectivity index (χ3v) is 2.87. The molecular weight excluding hydrogens is 269 g/mol. The molecule has 0 unspecified atom stereocenters.